The van der Waals surface area contributed by atoms with E-state index in [4.69, 9.17) is 20.5 Å². The van der Waals surface area contributed by atoms with E-state index in [2.05, 4.69) is 10.1 Å². The van der Waals surface area contributed by atoms with Crippen LogP contribution in [0.3, 0.4) is 0 Å². The molecule has 6 aromatic rings. The average Bonchev–Trinajstić information content (AvgIpc) is 3.43. The summed E-state index contributed by atoms with van der Waals surface area (Å²) in [4.78, 5) is 17.3. The largest absolute Gasteiger partial charge is 0.506 e. The SMILES string of the molecule is Cc1noc(-c2ccc3oc(=O)c(-c4nc5ccccc5s4)cc3c2O)c1-c1ccc(Cl)cc1. The Morgan fingerprint density at radius 3 is 2.59 bits per heavy atom. The summed E-state index contributed by atoms with van der Waals surface area (Å²) in [6.45, 7) is 1.83. The van der Waals surface area contributed by atoms with Crippen LogP contribution >= 0.6 is 22.9 Å². The maximum Gasteiger partial charge on any atom is 0.346 e. The number of hydrogen-bond donors (Lipinski definition) is 1. The Morgan fingerprint density at radius 2 is 1.79 bits per heavy atom. The number of aromatic hydroxyl groups is 1. The van der Waals surface area contributed by atoms with E-state index in [0.29, 0.717) is 32.4 Å². The average molecular weight is 487 g/mol. The monoisotopic (exact) mass is 486 g/mol. The van der Waals surface area contributed by atoms with Crippen LogP contribution in [-0.2, 0) is 0 Å². The van der Waals surface area contributed by atoms with Crippen molar-refractivity contribution in [3.05, 3.63) is 87.9 Å². The van der Waals surface area contributed by atoms with Crippen molar-refractivity contribution in [1.29, 1.82) is 0 Å². The molecule has 0 unspecified atom stereocenters. The summed E-state index contributed by atoms with van der Waals surface area (Å²) in [5.41, 5.74) is 3.53. The van der Waals surface area contributed by atoms with Crippen LogP contribution in [0.2, 0.25) is 5.02 Å². The molecule has 3 aromatic heterocycles. The van der Waals surface area contributed by atoms with Gasteiger partial charge in [-0.1, -0.05) is 41.0 Å². The maximum absolute atomic E-state index is 12.7. The number of hydrogen-bond acceptors (Lipinski definition) is 7. The molecule has 34 heavy (non-hydrogen) atoms. The van der Waals surface area contributed by atoms with Crippen LogP contribution in [0.15, 0.2) is 80.5 Å². The standard InChI is InChI=1S/C26H15ClN2O4S/c1-13-22(14-6-8-15(27)9-7-14)24(33-29-13)16-10-11-20-17(23(16)30)12-18(26(31)32-20)25-28-19-4-2-3-5-21(19)34-25/h2-12,30H,1H3. The molecule has 0 aliphatic carbocycles. The molecule has 8 heteroatoms. The number of phenolic OH excluding ortho intramolecular Hbond substituents is 1. The number of aryl methyl sites for hydroxylation is 1. The molecule has 0 radical (unpaired) electrons. The maximum atomic E-state index is 12.7. The third-order valence-corrected chi connectivity index (χ3v) is 6.97. The van der Waals surface area contributed by atoms with E-state index in [-0.39, 0.29) is 16.9 Å². The molecule has 0 spiro atoms. The molecule has 6 rings (SSSR count). The molecular weight excluding hydrogens is 472 g/mol. The fourth-order valence-electron chi connectivity index (χ4n) is 4.01. The first kappa shape index (κ1) is 20.7. The van der Waals surface area contributed by atoms with Crippen molar-refractivity contribution in [1.82, 2.24) is 10.1 Å². The molecule has 0 aliphatic rings. The van der Waals surface area contributed by atoms with Gasteiger partial charge in [0.15, 0.2) is 5.76 Å². The highest BCUT2D eigenvalue weighted by atomic mass is 35.5. The molecule has 166 valence electrons. The number of benzene rings is 3. The highest BCUT2D eigenvalue weighted by Crippen LogP contribution is 2.42. The lowest BCUT2D eigenvalue weighted by Gasteiger charge is -2.08. The Labute approximate surface area is 201 Å². The lowest BCUT2D eigenvalue weighted by Crippen LogP contribution is -2.02. The molecule has 0 saturated heterocycles. The number of thiazole rings is 1. The minimum Gasteiger partial charge on any atom is -0.506 e. The van der Waals surface area contributed by atoms with Gasteiger partial charge >= 0.3 is 5.63 Å². The van der Waals surface area contributed by atoms with Crippen LogP contribution in [0, 0.1) is 6.92 Å². The second kappa shape index (κ2) is 7.83. The topological polar surface area (TPSA) is 89.4 Å². The Balaban J connectivity index is 1.55. The van der Waals surface area contributed by atoms with Crippen LogP contribution in [0.25, 0.3) is 54.2 Å². The van der Waals surface area contributed by atoms with Gasteiger partial charge in [0.2, 0.25) is 0 Å². The third-order valence-electron chi connectivity index (χ3n) is 5.65. The second-order valence-corrected chi connectivity index (χ2v) is 9.25. The van der Waals surface area contributed by atoms with Crippen molar-refractivity contribution in [2.24, 2.45) is 0 Å². The highest BCUT2D eigenvalue weighted by Gasteiger charge is 2.22. The Kier molecular flexibility index (Phi) is 4.76. The first-order chi connectivity index (χ1) is 16.5. The highest BCUT2D eigenvalue weighted by molar-refractivity contribution is 7.21. The zero-order valence-electron chi connectivity index (χ0n) is 17.7. The van der Waals surface area contributed by atoms with Crippen LogP contribution in [0.1, 0.15) is 5.69 Å². The zero-order chi connectivity index (χ0) is 23.4. The van der Waals surface area contributed by atoms with E-state index >= 15 is 0 Å². The Bertz CT molecular complexity index is 1730. The number of phenols is 1. The summed E-state index contributed by atoms with van der Waals surface area (Å²) < 4.78 is 12.1. The van der Waals surface area contributed by atoms with Gasteiger partial charge < -0.3 is 14.0 Å². The van der Waals surface area contributed by atoms with E-state index in [0.717, 1.165) is 21.3 Å². The van der Waals surface area contributed by atoms with E-state index in [1.807, 2.05) is 43.3 Å². The van der Waals surface area contributed by atoms with Crippen molar-refractivity contribution in [2.45, 2.75) is 6.92 Å². The first-order valence-electron chi connectivity index (χ1n) is 10.4. The van der Waals surface area contributed by atoms with Crippen molar-refractivity contribution in [3.63, 3.8) is 0 Å². The van der Waals surface area contributed by atoms with Crippen LogP contribution in [-0.4, -0.2) is 15.2 Å². The van der Waals surface area contributed by atoms with Crippen molar-refractivity contribution < 1.29 is 14.0 Å². The quantitative estimate of drug-likeness (QED) is 0.269. The molecule has 0 bridgehead atoms. The molecule has 0 amide bonds. The van der Waals surface area contributed by atoms with E-state index in [9.17, 15) is 9.90 Å². The lowest BCUT2D eigenvalue weighted by atomic mass is 9.98. The predicted octanol–water partition coefficient (Wildman–Crippen LogP) is 7.06. The molecule has 0 fully saturated rings. The van der Waals surface area contributed by atoms with Crippen molar-refractivity contribution in [3.8, 4) is 38.8 Å². The summed E-state index contributed by atoms with van der Waals surface area (Å²) in [5.74, 6) is 0.335. The van der Waals surface area contributed by atoms with Crippen molar-refractivity contribution >= 4 is 44.1 Å². The molecule has 0 atom stereocenters. The van der Waals surface area contributed by atoms with Gasteiger partial charge in [0.05, 0.1) is 38.0 Å². The molecule has 3 aromatic carbocycles. The zero-order valence-corrected chi connectivity index (χ0v) is 19.3. The number of aromatic nitrogens is 2. The second-order valence-electron chi connectivity index (χ2n) is 7.79. The first-order valence-corrected chi connectivity index (χ1v) is 11.6. The van der Waals surface area contributed by atoms with Crippen LogP contribution < -0.4 is 5.63 Å². The van der Waals surface area contributed by atoms with Gasteiger partial charge in [0.1, 0.15) is 16.3 Å². The predicted molar refractivity (Wildman–Crippen MR) is 133 cm³/mol. The van der Waals surface area contributed by atoms with Gasteiger partial charge in [-0.05, 0) is 55.0 Å². The summed E-state index contributed by atoms with van der Waals surface area (Å²) in [5, 5.41) is 16.9. The van der Waals surface area contributed by atoms with Gasteiger partial charge in [0.25, 0.3) is 0 Å². The third kappa shape index (κ3) is 3.29. The van der Waals surface area contributed by atoms with Gasteiger partial charge in [-0.25, -0.2) is 9.78 Å². The molecular formula is C26H15ClN2O4S. The van der Waals surface area contributed by atoms with Crippen LogP contribution in [0.4, 0.5) is 0 Å². The Hall–Kier alpha value is -3.94. The number of para-hydroxylation sites is 1. The Morgan fingerprint density at radius 1 is 1.00 bits per heavy atom. The number of rotatable bonds is 3. The molecule has 0 aliphatic heterocycles. The normalized spacial score (nSPS) is 11.5. The van der Waals surface area contributed by atoms with E-state index in [1.165, 1.54) is 11.3 Å². The van der Waals surface area contributed by atoms with Gasteiger partial charge in [-0.2, -0.15) is 0 Å². The fourth-order valence-corrected chi connectivity index (χ4v) is 5.10. The smallest absolute Gasteiger partial charge is 0.346 e. The number of halogens is 1. The summed E-state index contributed by atoms with van der Waals surface area (Å²) in [7, 11) is 0. The van der Waals surface area contributed by atoms with Gasteiger partial charge in [-0.3, -0.25) is 0 Å². The van der Waals surface area contributed by atoms with E-state index < -0.39 is 5.63 Å². The number of nitrogens with zero attached hydrogens (tertiary/aromatic N) is 2. The summed E-state index contributed by atoms with van der Waals surface area (Å²) in [6, 6.07) is 19.8. The molecule has 1 N–H and O–H groups in total. The molecule has 6 nitrogen and oxygen atoms in total. The number of fused-ring (bicyclic) bond motifs is 2. The minimum atomic E-state index is -0.518. The van der Waals surface area contributed by atoms with Crippen molar-refractivity contribution in [2.75, 3.05) is 0 Å². The minimum absolute atomic E-state index is 0.0741. The van der Waals surface area contributed by atoms with Gasteiger partial charge in [-0.15, -0.1) is 11.3 Å². The van der Waals surface area contributed by atoms with Crippen LogP contribution in [0.5, 0.6) is 5.75 Å². The lowest BCUT2D eigenvalue weighted by molar-refractivity contribution is 0.422. The summed E-state index contributed by atoms with van der Waals surface area (Å²) in [6.07, 6.45) is 0. The van der Waals surface area contributed by atoms with E-state index in [1.54, 1.807) is 30.3 Å². The van der Waals surface area contributed by atoms with Gasteiger partial charge in [0, 0.05) is 5.02 Å². The fraction of sp³-hybridized carbons (Fsp3) is 0.0385. The molecule has 0 saturated carbocycles. The summed E-state index contributed by atoms with van der Waals surface area (Å²) >= 11 is 7.44. The molecule has 3 heterocycles.